The van der Waals surface area contributed by atoms with Crippen LogP contribution in [0.25, 0.3) is 0 Å². The zero-order valence-corrected chi connectivity index (χ0v) is 22.7. The molecular formula is C28H29ClN4O3S. The Hall–Kier alpha value is -3.07. The molecule has 1 atom stereocenters. The molecule has 1 N–H and O–H groups in total. The monoisotopic (exact) mass is 536 g/mol. The predicted octanol–water partition coefficient (Wildman–Crippen LogP) is 5.42. The lowest BCUT2D eigenvalue weighted by Crippen LogP contribution is -2.42. The maximum atomic E-state index is 13.8. The average Bonchev–Trinajstić information content (AvgIpc) is 3.27. The molecule has 3 aliphatic heterocycles. The van der Waals surface area contributed by atoms with Crippen molar-refractivity contribution in [2.45, 2.75) is 33.2 Å². The van der Waals surface area contributed by atoms with Crippen molar-refractivity contribution in [1.29, 1.82) is 0 Å². The first-order valence-corrected chi connectivity index (χ1v) is 13.5. The van der Waals surface area contributed by atoms with Crippen LogP contribution in [-0.4, -0.2) is 53.1 Å². The largest absolute Gasteiger partial charge is 0.378 e. The van der Waals surface area contributed by atoms with Crippen molar-refractivity contribution in [3.8, 4) is 0 Å². The number of amides is 2. The molecule has 1 saturated heterocycles. The highest BCUT2D eigenvalue weighted by Gasteiger charge is 2.41. The van der Waals surface area contributed by atoms with E-state index in [4.69, 9.17) is 21.3 Å². The summed E-state index contributed by atoms with van der Waals surface area (Å²) in [6.07, 6.45) is 0.223. The number of thioether (sulfide) groups is 1. The Morgan fingerprint density at radius 2 is 1.84 bits per heavy atom. The number of hydrogen-bond donors (Lipinski definition) is 1. The molecule has 0 aliphatic carbocycles. The summed E-state index contributed by atoms with van der Waals surface area (Å²) in [5.74, 6) is -0.179. The Labute approximate surface area is 226 Å². The van der Waals surface area contributed by atoms with Crippen LogP contribution >= 0.6 is 23.4 Å². The molecule has 0 radical (unpaired) electrons. The molecule has 2 aromatic carbocycles. The Morgan fingerprint density at radius 1 is 1.11 bits per heavy atom. The van der Waals surface area contributed by atoms with E-state index < -0.39 is 6.04 Å². The van der Waals surface area contributed by atoms with Gasteiger partial charge in [0.05, 0.1) is 36.9 Å². The average molecular weight is 537 g/mol. The fourth-order valence-electron chi connectivity index (χ4n) is 4.84. The zero-order chi connectivity index (χ0) is 26.1. The van der Waals surface area contributed by atoms with Crippen LogP contribution in [0.15, 0.2) is 69.8 Å². The van der Waals surface area contributed by atoms with E-state index in [1.807, 2.05) is 78.4 Å². The Morgan fingerprint density at radius 3 is 2.54 bits per heavy atom. The second-order valence-corrected chi connectivity index (χ2v) is 10.7. The number of amidine groups is 1. The molecule has 37 heavy (non-hydrogen) atoms. The lowest BCUT2D eigenvalue weighted by Gasteiger charge is -2.37. The van der Waals surface area contributed by atoms with Crippen LogP contribution in [0.1, 0.15) is 36.1 Å². The fourth-order valence-corrected chi connectivity index (χ4v) is 5.93. The van der Waals surface area contributed by atoms with Crippen LogP contribution in [0, 0.1) is 13.8 Å². The SMILES string of the molecule is CC1=C(C(=O)Nc2ccc(C)cc2C)[C@@H](c2ccc(Cl)cc2)N2C(CC(=O)N3CCOCC3)=CSC2=N1. The maximum absolute atomic E-state index is 13.8. The summed E-state index contributed by atoms with van der Waals surface area (Å²) in [4.78, 5) is 35.6. The molecule has 3 aliphatic rings. The normalized spacial score (nSPS) is 19.4. The van der Waals surface area contributed by atoms with Gasteiger partial charge in [0.15, 0.2) is 5.17 Å². The summed E-state index contributed by atoms with van der Waals surface area (Å²) in [5.41, 5.74) is 5.79. The molecule has 192 valence electrons. The first kappa shape index (κ1) is 25.6. The van der Waals surface area contributed by atoms with E-state index in [0.29, 0.717) is 42.6 Å². The van der Waals surface area contributed by atoms with Crippen LogP contribution < -0.4 is 5.32 Å². The quantitative estimate of drug-likeness (QED) is 0.552. The van der Waals surface area contributed by atoms with Gasteiger partial charge in [-0.25, -0.2) is 4.99 Å². The van der Waals surface area contributed by atoms with E-state index in [1.54, 1.807) is 0 Å². The number of nitrogens with zero attached hydrogens (tertiary/aromatic N) is 3. The second-order valence-electron chi connectivity index (χ2n) is 9.39. The molecule has 3 heterocycles. The van der Waals surface area contributed by atoms with E-state index in [9.17, 15) is 9.59 Å². The fraction of sp³-hybridized carbons (Fsp3) is 0.321. The molecule has 2 aromatic rings. The van der Waals surface area contributed by atoms with Crippen molar-refractivity contribution in [2.24, 2.45) is 4.99 Å². The van der Waals surface area contributed by atoms with Gasteiger partial charge in [0, 0.05) is 29.5 Å². The molecular weight excluding hydrogens is 508 g/mol. The number of halogens is 1. The van der Waals surface area contributed by atoms with Gasteiger partial charge in [-0.2, -0.15) is 0 Å². The number of benzene rings is 2. The summed E-state index contributed by atoms with van der Waals surface area (Å²) >= 11 is 7.68. The highest BCUT2D eigenvalue weighted by Crippen LogP contribution is 2.45. The third-order valence-corrected chi connectivity index (χ3v) is 7.90. The summed E-state index contributed by atoms with van der Waals surface area (Å²) in [7, 11) is 0. The first-order chi connectivity index (χ1) is 17.8. The molecule has 5 rings (SSSR count). The number of ether oxygens (including phenoxy) is 1. The van der Waals surface area contributed by atoms with Crippen LogP contribution in [-0.2, 0) is 14.3 Å². The van der Waals surface area contributed by atoms with E-state index in [0.717, 1.165) is 33.2 Å². The Balaban J connectivity index is 1.49. The van der Waals surface area contributed by atoms with Crippen molar-refractivity contribution in [3.05, 3.63) is 86.6 Å². The molecule has 0 spiro atoms. The highest BCUT2D eigenvalue weighted by atomic mass is 35.5. The highest BCUT2D eigenvalue weighted by molar-refractivity contribution is 8.16. The number of fused-ring (bicyclic) bond motifs is 1. The van der Waals surface area contributed by atoms with Gasteiger partial charge in [-0.15, -0.1) is 0 Å². The minimum atomic E-state index is -0.450. The van der Waals surface area contributed by atoms with Crippen LogP contribution in [0.3, 0.4) is 0 Å². The molecule has 0 unspecified atom stereocenters. The number of hydrogen-bond acceptors (Lipinski definition) is 6. The number of allylic oxidation sites excluding steroid dienone is 1. The first-order valence-electron chi connectivity index (χ1n) is 12.3. The molecule has 7 nitrogen and oxygen atoms in total. The van der Waals surface area contributed by atoms with Gasteiger partial charge >= 0.3 is 0 Å². The van der Waals surface area contributed by atoms with Crippen molar-refractivity contribution in [1.82, 2.24) is 9.80 Å². The summed E-state index contributed by atoms with van der Waals surface area (Å²) in [6.45, 7) is 8.14. The van der Waals surface area contributed by atoms with Gasteiger partial charge in [-0.05, 0) is 55.5 Å². The van der Waals surface area contributed by atoms with Gasteiger partial charge in [0.1, 0.15) is 0 Å². The lowest BCUT2D eigenvalue weighted by atomic mass is 9.93. The topological polar surface area (TPSA) is 74.2 Å². The number of carbonyl (C=O) groups is 2. The maximum Gasteiger partial charge on any atom is 0.255 e. The summed E-state index contributed by atoms with van der Waals surface area (Å²) in [6, 6.07) is 13.0. The van der Waals surface area contributed by atoms with Crippen molar-refractivity contribution in [2.75, 3.05) is 31.6 Å². The molecule has 0 saturated carbocycles. The Kier molecular flexibility index (Phi) is 7.42. The van der Waals surface area contributed by atoms with Crippen LogP contribution in [0.2, 0.25) is 5.02 Å². The number of aliphatic imine (C=N–C) groups is 1. The number of nitrogens with one attached hydrogen (secondary N) is 1. The van der Waals surface area contributed by atoms with Crippen molar-refractivity contribution in [3.63, 3.8) is 0 Å². The lowest BCUT2D eigenvalue weighted by molar-refractivity contribution is -0.134. The number of aryl methyl sites for hydroxylation is 2. The molecule has 2 amide bonds. The standard InChI is InChI=1S/C28H29ClN4O3S/c1-17-4-9-23(18(2)14-17)31-27(35)25-19(3)30-28-33(26(25)20-5-7-21(29)8-6-20)22(16-37-28)15-24(34)32-10-12-36-13-11-32/h4-9,14,16,26H,10-13,15H2,1-3H3,(H,31,35)/t26-/m1/s1. The minimum absolute atomic E-state index is 0.0406. The predicted molar refractivity (Wildman–Crippen MR) is 148 cm³/mol. The number of morpholine rings is 1. The third kappa shape index (κ3) is 5.32. The van der Waals surface area contributed by atoms with Gasteiger partial charge in [-0.1, -0.05) is 53.2 Å². The summed E-state index contributed by atoms with van der Waals surface area (Å²) in [5, 5.41) is 6.44. The third-order valence-electron chi connectivity index (χ3n) is 6.76. The Bertz CT molecular complexity index is 1330. The van der Waals surface area contributed by atoms with Gasteiger partial charge < -0.3 is 19.9 Å². The summed E-state index contributed by atoms with van der Waals surface area (Å²) < 4.78 is 5.40. The zero-order valence-electron chi connectivity index (χ0n) is 21.1. The molecule has 1 fully saturated rings. The smallest absolute Gasteiger partial charge is 0.255 e. The minimum Gasteiger partial charge on any atom is -0.378 e. The second kappa shape index (κ2) is 10.7. The van der Waals surface area contributed by atoms with Crippen molar-refractivity contribution >= 4 is 46.0 Å². The van der Waals surface area contributed by atoms with Crippen LogP contribution in [0.4, 0.5) is 5.69 Å². The number of rotatable bonds is 5. The van der Waals surface area contributed by atoms with Gasteiger partial charge in [-0.3, -0.25) is 9.59 Å². The molecule has 0 bridgehead atoms. The van der Waals surface area contributed by atoms with Crippen molar-refractivity contribution < 1.29 is 14.3 Å². The van der Waals surface area contributed by atoms with Crippen LogP contribution in [0.5, 0.6) is 0 Å². The van der Waals surface area contributed by atoms with E-state index in [-0.39, 0.29) is 18.2 Å². The van der Waals surface area contributed by atoms with E-state index >= 15 is 0 Å². The molecule has 0 aromatic heterocycles. The number of carbonyl (C=O) groups excluding carboxylic acids is 2. The van der Waals surface area contributed by atoms with Gasteiger partial charge in [0.25, 0.3) is 5.91 Å². The van der Waals surface area contributed by atoms with Gasteiger partial charge in [0.2, 0.25) is 5.91 Å². The molecule has 9 heteroatoms. The van der Waals surface area contributed by atoms with E-state index in [1.165, 1.54) is 11.8 Å². The van der Waals surface area contributed by atoms with E-state index in [2.05, 4.69) is 5.32 Å². The number of anilines is 1.